The van der Waals surface area contributed by atoms with Crippen LogP contribution in [0, 0.1) is 18.3 Å². The Labute approximate surface area is 87.2 Å². The van der Waals surface area contributed by atoms with Crippen molar-refractivity contribution in [3.05, 3.63) is 0 Å². The molecule has 0 aromatic heterocycles. The Balaban J connectivity index is 2.89. The van der Waals surface area contributed by atoms with E-state index in [0.29, 0.717) is 32.3 Å². The zero-order chi connectivity index (χ0) is 10.6. The Morgan fingerprint density at radius 2 is 1.93 bits per heavy atom. The second-order valence-electron chi connectivity index (χ2n) is 3.46. The molecule has 0 atom stereocenters. The van der Waals surface area contributed by atoms with Crippen molar-refractivity contribution in [2.45, 2.75) is 13.8 Å². The van der Waals surface area contributed by atoms with Gasteiger partial charge >= 0.3 is 0 Å². The maximum Gasteiger partial charge on any atom is 0.0701 e. The molecule has 0 aliphatic heterocycles. The summed E-state index contributed by atoms with van der Waals surface area (Å²) in [5.74, 6) is 3.09. The molecule has 0 aliphatic carbocycles. The third-order valence-electron chi connectivity index (χ3n) is 1.47. The third kappa shape index (κ3) is 11.4. The second kappa shape index (κ2) is 10.5. The topological polar surface area (TPSA) is 30.5 Å². The van der Waals surface area contributed by atoms with Crippen molar-refractivity contribution in [1.29, 1.82) is 0 Å². The van der Waals surface area contributed by atoms with Crippen LogP contribution in [0.3, 0.4) is 0 Å². The molecule has 0 radical (unpaired) electrons. The van der Waals surface area contributed by atoms with E-state index in [-0.39, 0.29) is 0 Å². The molecule has 0 bridgehead atoms. The lowest BCUT2D eigenvalue weighted by Crippen LogP contribution is -2.20. The first-order valence-corrected chi connectivity index (χ1v) is 5.07. The summed E-state index contributed by atoms with van der Waals surface area (Å²) in [7, 11) is 0. The van der Waals surface area contributed by atoms with Gasteiger partial charge in [-0.1, -0.05) is 19.8 Å². The van der Waals surface area contributed by atoms with Crippen LogP contribution < -0.4 is 5.32 Å². The van der Waals surface area contributed by atoms with Gasteiger partial charge in [-0.05, 0) is 5.92 Å². The van der Waals surface area contributed by atoms with Gasteiger partial charge < -0.3 is 14.8 Å². The van der Waals surface area contributed by atoms with E-state index in [2.05, 4.69) is 25.1 Å². The van der Waals surface area contributed by atoms with Crippen molar-refractivity contribution >= 4 is 0 Å². The highest BCUT2D eigenvalue weighted by Crippen LogP contribution is 1.91. The molecule has 14 heavy (non-hydrogen) atoms. The van der Waals surface area contributed by atoms with Crippen LogP contribution in [0.2, 0.25) is 0 Å². The van der Waals surface area contributed by atoms with Crippen molar-refractivity contribution in [3.8, 4) is 12.3 Å². The fraction of sp³-hybridized carbons (Fsp3) is 0.818. The fourth-order valence-corrected chi connectivity index (χ4v) is 0.844. The number of hydrogen-bond acceptors (Lipinski definition) is 3. The SMILES string of the molecule is C#CCNCCOCCOCC(C)C. The van der Waals surface area contributed by atoms with Gasteiger partial charge in [0.15, 0.2) is 0 Å². The summed E-state index contributed by atoms with van der Waals surface area (Å²) in [4.78, 5) is 0. The van der Waals surface area contributed by atoms with Crippen molar-refractivity contribution in [2.75, 3.05) is 39.5 Å². The first kappa shape index (κ1) is 13.4. The average Bonchev–Trinajstić information content (AvgIpc) is 2.15. The van der Waals surface area contributed by atoms with Gasteiger partial charge in [-0.2, -0.15) is 0 Å². The highest BCUT2D eigenvalue weighted by atomic mass is 16.5. The molecule has 1 N–H and O–H groups in total. The smallest absolute Gasteiger partial charge is 0.0701 e. The van der Waals surface area contributed by atoms with Gasteiger partial charge in [0.2, 0.25) is 0 Å². The van der Waals surface area contributed by atoms with Crippen LogP contribution in [0.15, 0.2) is 0 Å². The highest BCUT2D eigenvalue weighted by Gasteiger charge is 1.93. The maximum absolute atomic E-state index is 5.35. The third-order valence-corrected chi connectivity index (χ3v) is 1.47. The standard InChI is InChI=1S/C11H21NO2/c1-4-5-12-6-7-13-8-9-14-10-11(2)3/h1,11-12H,5-10H2,2-3H3. The first-order valence-electron chi connectivity index (χ1n) is 5.07. The van der Waals surface area contributed by atoms with Crippen LogP contribution in [0.4, 0.5) is 0 Å². The molecule has 0 amide bonds. The summed E-state index contributed by atoms with van der Waals surface area (Å²) in [6.07, 6.45) is 5.06. The largest absolute Gasteiger partial charge is 0.379 e. The van der Waals surface area contributed by atoms with Gasteiger partial charge in [-0.3, -0.25) is 0 Å². The van der Waals surface area contributed by atoms with E-state index in [0.717, 1.165) is 13.2 Å². The first-order chi connectivity index (χ1) is 6.77. The normalized spacial score (nSPS) is 10.4. The van der Waals surface area contributed by atoms with Gasteiger partial charge in [0, 0.05) is 13.2 Å². The van der Waals surface area contributed by atoms with Gasteiger partial charge in [-0.15, -0.1) is 6.42 Å². The molecule has 0 saturated heterocycles. The van der Waals surface area contributed by atoms with Crippen molar-refractivity contribution in [1.82, 2.24) is 5.32 Å². The van der Waals surface area contributed by atoms with E-state index >= 15 is 0 Å². The van der Waals surface area contributed by atoms with E-state index < -0.39 is 0 Å². The molecule has 82 valence electrons. The molecule has 0 aromatic carbocycles. The molecule has 3 heteroatoms. The summed E-state index contributed by atoms with van der Waals surface area (Å²) in [5, 5.41) is 3.04. The van der Waals surface area contributed by atoms with Gasteiger partial charge in [-0.25, -0.2) is 0 Å². The maximum atomic E-state index is 5.35. The Morgan fingerprint density at radius 1 is 1.21 bits per heavy atom. The summed E-state index contributed by atoms with van der Waals surface area (Å²) in [5.41, 5.74) is 0. The lowest BCUT2D eigenvalue weighted by atomic mass is 10.2. The minimum absolute atomic E-state index is 0.590. The number of rotatable bonds is 9. The Morgan fingerprint density at radius 3 is 2.57 bits per heavy atom. The Bertz CT molecular complexity index is 152. The number of hydrogen-bond donors (Lipinski definition) is 1. The second-order valence-corrected chi connectivity index (χ2v) is 3.46. The quantitative estimate of drug-likeness (QED) is 0.442. The van der Waals surface area contributed by atoms with Crippen LogP contribution in [0.1, 0.15) is 13.8 Å². The zero-order valence-electron chi connectivity index (χ0n) is 9.21. The van der Waals surface area contributed by atoms with Crippen molar-refractivity contribution in [3.63, 3.8) is 0 Å². The van der Waals surface area contributed by atoms with E-state index in [1.165, 1.54) is 0 Å². The van der Waals surface area contributed by atoms with Gasteiger partial charge in [0.1, 0.15) is 0 Å². The van der Waals surface area contributed by atoms with E-state index in [1.807, 2.05) is 0 Å². The molecular weight excluding hydrogens is 178 g/mol. The molecule has 0 spiro atoms. The summed E-state index contributed by atoms with van der Waals surface area (Å²) >= 11 is 0. The molecule has 0 fully saturated rings. The minimum atomic E-state index is 0.590. The molecule has 0 rings (SSSR count). The molecule has 0 saturated carbocycles. The molecule has 3 nitrogen and oxygen atoms in total. The fourth-order valence-electron chi connectivity index (χ4n) is 0.844. The van der Waals surface area contributed by atoms with Crippen LogP contribution in [0.5, 0.6) is 0 Å². The van der Waals surface area contributed by atoms with Crippen LogP contribution >= 0.6 is 0 Å². The van der Waals surface area contributed by atoms with Crippen molar-refractivity contribution in [2.24, 2.45) is 5.92 Å². The van der Waals surface area contributed by atoms with Gasteiger partial charge in [0.05, 0.1) is 26.4 Å². The van der Waals surface area contributed by atoms with Crippen molar-refractivity contribution < 1.29 is 9.47 Å². The lowest BCUT2D eigenvalue weighted by molar-refractivity contribution is 0.0390. The predicted molar refractivity (Wildman–Crippen MR) is 58.2 cm³/mol. The molecule has 0 aromatic rings. The number of ether oxygens (including phenoxy) is 2. The number of nitrogens with one attached hydrogen (secondary N) is 1. The van der Waals surface area contributed by atoms with E-state index in [1.54, 1.807) is 0 Å². The molecule has 0 unspecified atom stereocenters. The van der Waals surface area contributed by atoms with Crippen LogP contribution in [-0.2, 0) is 9.47 Å². The molecule has 0 aliphatic rings. The zero-order valence-corrected chi connectivity index (χ0v) is 9.21. The average molecular weight is 199 g/mol. The molecule has 0 heterocycles. The van der Waals surface area contributed by atoms with Gasteiger partial charge in [0.25, 0.3) is 0 Å². The van der Waals surface area contributed by atoms with Crippen LogP contribution in [-0.4, -0.2) is 39.5 Å². The molecular formula is C11H21NO2. The summed E-state index contributed by atoms with van der Waals surface area (Å²) in [6, 6.07) is 0. The minimum Gasteiger partial charge on any atom is -0.379 e. The Kier molecular flexibility index (Phi) is 10.1. The summed E-state index contributed by atoms with van der Waals surface area (Å²) < 4.78 is 10.7. The monoisotopic (exact) mass is 199 g/mol. The highest BCUT2D eigenvalue weighted by molar-refractivity contribution is 4.86. The number of terminal acetylenes is 1. The lowest BCUT2D eigenvalue weighted by Gasteiger charge is -2.07. The predicted octanol–water partition coefficient (Wildman–Crippen LogP) is 0.898. The van der Waals surface area contributed by atoms with E-state index in [4.69, 9.17) is 15.9 Å². The Hall–Kier alpha value is -0.560. The van der Waals surface area contributed by atoms with Crippen LogP contribution in [0.25, 0.3) is 0 Å². The summed E-state index contributed by atoms with van der Waals surface area (Å²) in [6.45, 7) is 8.49. The van der Waals surface area contributed by atoms with E-state index in [9.17, 15) is 0 Å².